The third-order valence-electron chi connectivity index (χ3n) is 5.32. The lowest BCUT2D eigenvalue weighted by Gasteiger charge is -2.31. The maximum atomic E-state index is 13.3. The lowest BCUT2D eigenvalue weighted by Crippen LogP contribution is -2.47. The second kappa shape index (κ2) is 7.95. The van der Waals surface area contributed by atoms with Crippen LogP contribution < -0.4 is 5.32 Å². The van der Waals surface area contributed by atoms with Crippen LogP contribution in [-0.4, -0.2) is 22.8 Å². The molecule has 1 aliphatic carbocycles. The zero-order chi connectivity index (χ0) is 19.4. The largest absolute Gasteiger partial charge is 0.349 e. The molecule has 1 saturated carbocycles. The van der Waals surface area contributed by atoms with E-state index in [0.717, 1.165) is 11.1 Å². The molecule has 1 atom stereocenters. The van der Waals surface area contributed by atoms with Gasteiger partial charge in [-0.05, 0) is 44.7 Å². The number of hydrogen-bond acceptors (Lipinski definition) is 2. The van der Waals surface area contributed by atoms with Gasteiger partial charge in [0.15, 0.2) is 0 Å². The van der Waals surface area contributed by atoms with Crippen LogP contribution in [0.2, 0.25) is 0 Å². The summed E-state index contributed by atoms with van der Waals surface area (Å²) in [6, 6.07) is 19.7. The number of rotatable bonds is 7. The molecule has 142 valence electrons. The van der Waals surface area contributed by atoms with E-state index in [4.69, 9.17) is 0 Å². The molecule has 0 spiro atoms. The predicted octanol–water partition coefficient (Wildman–Crippen LogP) is 4.08. The van der Waals surface area contributed by atoms with Crippen LogP contribution in [-0.2, 0) is 16.1 Å². The van der Waals surface area contributed by atoms with Gasteiger partial charge in [0.05, 0.1) is 6.04 Å². The molecule has 4 nitrogen and oxygen atoms in total. The fourth-order valence-electron chi connectivity index (χ4n) is 3.37. The summed E-state index contributed by atoms with van der Waals surface area (Å²) in [7, 11) is 0. The first kappa shape index (κ1) is 19.2. The highest BCUT2D eigenvalue weighted by atomic mass is 16.2. The average Bonchev–Trinajstić information content (AvgIpc) is 3.49. The van der Waals surface area contributed by atoms with Crippen LogP contribution in [0.5, 0.6) is 0 Å². The van der Waals surface area contributed by atoms with E-state index in [1.807, 2.05) is 86.3 Å². The van der Waals surface area contributed by atoms with Gasteiger partial charge in [0.25, 0.3) is 0 Å². The summed E-state index contributed by atoms with van der Waals surface area (Å²) in [5.41, 5.74) is 1.22. The van der Waals surface area contributed by atoms with E-state index in [0.29, 0.717) is 19.4 Å². The first-order valence-electron chi connectivity index (χ1n) is 9.65. The van der Waals surface area contributed by atoms with Gasteiger partial charge >= 0.3 is 0 Å². The normalized spacial score (nSPS) is 15.9. The summed E-state index contributed by atoms with van der Waals surface area (Å²) in [5.74, 6) is -0.207. The van der Waals surface area contributed by atoms with Gasteiger partial charge in [-0.25, -0.2) is 0 Å². The Labute approximate surface area is 161 Å². The Bertz CT molecular complexity index is 783. The van der Waals surface area contributed by atoms with Crippen molar-refractivity contribution in [1.29, 1.82) is 0 Å². The van der Waals surface area contributed by atoms with Crippen molar-refractivity contribution >= 4 is 11.8 Å². The molecule has 0 saturated heterocycles. The van der Waals surface area contributed by atoms with Crippen molar-refractivity contribution in [1.82, 2.24) is 10.2 Å². The van der Waals surface area contributed by atoms with Crippen molar-refractivity contribution < 1.29 is 9.59 Å². The monoisotopic (exact) mass is 364 g/mol. The smallest absolute Gasteiger partial charge is 0.238 e. The minimum absolute atomic E-state index is 0.0366. The molecule has 0 aliphatic heterocycles. The Kier molecular flexibility index (Phi) is 5.64. The molecule has 3 rings (SSSR count). The van der Waals surface area contributed by atoms with E-state index in [2.05, 4.69) is 5.32 Å². The molecule has 4 heteroatoms. The van der Waals surface area contributed by atoms with Crippen LogP contribution in [0.1, 0.15) is 50.8 Å². The number of nitrogens with one attached hydrogen (secondary N) is 1. The molecule has 0 aromatic heterocycles. The summed E-state index contributed by atoms with van der Waals surface area (Å²) in [4.78, 5) is 28.1. The number of hydrogen-bond donors (Lipinski definition) is 1. The third-order valence-corrected chi connectivity index (χ3v) is 5.32. The summed E-state index contributed by atoms with van der Waals surface area (Å²) >= 11 is 0. The fourth-order valence-corrected chi connectivity index (χ4v) is 3.37. The Morgan fingerprint density at radius 3 is 2.04 bits per heavy atom. The van der Waals surface area contributed by atoms with Gasteiger partial charge in [-0.2, -0.15) is 0 Å². The second-order valence-corrected chi connectivity index (χ2v) is 7.70. The number of carbonyl (C=O) groups is 2. The zero-order valence-electron chi connectivity index (χ0n) is 16.3. The van der Waals surface area contributed by atoms with E-state index in [1.165, 1.54) is 0 Å². The Balaban J connectivity index is 1.72. The highest BCUT2D eigenvalue weighted by molar-refractivity contribution is 6.08. The molecule has 1 unspecified atom stereocenters. The van der Waals surface area contributed by atoms with Crippen LogP contribution in [0.25, 0.3) is 0 Å². The van der Waals surface area contributed by atoms with Gasteiger partial charge in [-0.15, -0.1) is 0 Å². The lowest BCUT2D eigenvalue weighted by atomic mass is 10.0. The predicted molar refractivity (Wildman–Crippen MR) is 107 cm³/mol. The summed E-state index contributed by atoms with van der Waals surface area (Å²) in [5, 5.41) is 3.05. The van der Waals surface area contributed by atoms with Crippen LogP contribution in [0.4, 0.5) is 0 Å². The number of amides is 2. The van der Waals surface area contributed by atoms with Crippen molar-refractivity contribution in [2.45, 2.75) is 52.2 Å². The molecule has 2 aromatic rings. The average molecular weight is 364 g/mol. The minimum Gasteiger partial charge on any atom is -0.349 e. The van der Waals surface area contributed by atoms with E-state index in [1.54, 1.807) is 0 Å². The first-order valence-corrected chi connectivity index (χ1v) is 9.65. The van der Waals surface area contributed by atoms with E-state index in [9.17, 15) is 9.59 Å². The van der Waals surface area contributed by atoms with Crippen molar-refractivity contribution in [3.05, 3.63) is 71.8 Å². The highest BCUT2D eigenvalue weighted by Crippen LogP contribution is 2.48. The van der Waals surface area contributed by atoms with Crippen LogP contribution >= 0.6 is 0 Å². The molecule has 0 heterocycles. The minimum atomic E-state index is -0.901. The molecule has 1 N–H and O–H groups in total. The van der Waals surface area contributed by atoms with Crippen LogP contribution in [0.15, 0.2) is 60.7 Å². The van der Waals surface area contributed by atoms with E-state index >= 15 is 0 Å². The van der Waals surface area contributed by atoms with Crippen molar-refractivity contribution in [3.8, 4) is 0 Å². The number of carbonyl (C=O) groups excluding carboxylic acids is 2. The van der Waals surface area contributed by atoms with Crippen molar-refractivity contribution in [2.75, 3.05) is 0 Å². The first-order chi connectivity index (χ1) is 12.9. The third kappa shape index (κ3) is 4.21. The molecule has 2 amide bonds. The quantitative estimate of drug-likeness (QED) is 0.753. The summed E-state index contributed by atoms with van der Waals surface area (Å²) in [6.45, 7) is 6.49. The molecule has 1 aliphatic rings. The topological polar surface area (TPSA) is 49.4 Å². The molecule has 2 aromatic carbocycles. The van der Waals surface area contributed by atoms with Gasteiger partial charge in [0.2, 0.25) is 11.8 Å². The number of nitrogens with zero attached hydrogens (tertiary/aromatic N) is 1. The number of benzene rings is 2. The van der Waals surface area contributed by atoms with Gasteiger partial charge in [-0.3, -0.25) is 9.59 Å². The highest BCUT2D eigenvalue weighted by Gasteiger charge is 2.58. The SMILES string of the molecule is CC(NC(=O)C1(C(=O)N(Cc2ccccc2)C(C)C)CC1)c1ccccc1. The van der Waals surface area contributed by atoms with Gasteiger partial charge in [0.1, 0.15) is 5.41 Å². The maximum absolute atomic E-state index is 13.3. The maximum Gasteiger partial charge on any atom is 0.238 e. The Hall–Kier alpha value is -2.62. The van der Waals surface area contributed by atoms with Crippen molar-refractivity contribution in [2.24, 2.45) is 5.41 Å². The molecule has 27 heavy (non-hydrogen) atoms. The second-order valence-electron chi connectivity index (χ2n) is 7.70. The molecule has 1 fully saturated rings. The Morgan fingerprint density at radius 1 is 0.963 bits per heavy atom. The van der Waals surface area contributed by atoms with Gasteiger partial charge < -0.3 is 10.2 Å². The lowest BCUT2D eigenvalue weighted by molar-refractivity contribution is -0.146. The molecular weight excluding hydrogens is 336 g/mol. The standard InChI is InChI=1S/C23H28N2O2/c1-17(2)25(16-19-10-6-4-7-11-19)22(27)23(14-15-23)21(26)24-18(3)20-12-8-5-9-13-20/h4-13,17-18H,14-16H2,1-3H3,(H,24,26). The van der Waals surface area contributed by atoms with Crippen LogP contribution in [0, 0.1) is 5.41 Å². The molecule has 0 radical (unpaired) electrons. The molecule has 0 bridgehead atoms. The summed E-state index contributed by atoms with van der Waals surface area (Å²) < 4.78 is 0. The zero-order valence-corrected chi connectivity index (χ0v) is 16.3. The van der Waals surface area contributed by atoms with E-state index in [-0.39, 0.29) is 23.9 Å². The van der Waals surface area contributed by atoms with Gasteiger partial charge in [-0.1, -0.05) is 60.7 Å². The fraction of sp³-hybridized carbons (Fsp3) is 0.391. The van der Waals surface area contributed by atoms with E-state index < -0.39 is 5.41 Å². The molecular formula is C23H28N2O2. The summed E-state index contributed by atoms with van der Waals surface area (Å²) in [6.07, 6.45) is 1.24. The van der Waals surface area contributed by atoms with Crippen molar-refractivity contribution in [3.63, 3.8) is 0 Å². The van der Waals surface area contributed by atoms with Gasteiger partial charge in [0, 0.05) is 12.6 Å². The Morgan fingerprint density at radius 2 is 1.52 bits per heavy atom. The van der Waals surface area contributed by atoms with Crippen LogP contribution in [0.3, 0.4) is 0 Å².